The highest BCUT2D eigenvalue weighted by atomic mass is 19.4. The quantitative estimate of drug-likeness (QED) is 0.872. The molecular formula is C13H13F4N3O. The molecule has 0 fully saturated rings. The van der Waals surface area contributed by atoms with Gasteiger partial charge in [0.1, 0.15) is 17.7 Å². The standard InChI is InChI=1S/C13H13F4N3O/c1-2-3-20-10(11(18)19-12(20)21)7-4-8(13(15,16)17)6-9(14)5-7/h4-6,10H,2-3H2,1H3,(H2,18,19,21). The van der Waals surface area contributed by atoms with Crippen LogP contribution in [0, 0.1) is 5.82 Å². The van der Waals surface area contributed by atoms with Crippen LogP contribution in [0.4, 0.5) is 22.4 Å². The number of halogens is 4. The first kappa shape index (κ1) is 15.3. The molecule has 1 aliphatic rings. The molecule has 0 spiro atoms. The number of alkyl halides is 3. The van der Waals surface area contributed by atoms with E-state index >= 15 is 0 Å². The van der Waals surface area contributed by atoms with Crippen LogP contribution in [0.25, 0.3) is 0 Å². The maximum absolute atomic E-state index is 13.5. The van der Waals surface area contributed by atoms with Crippen molar-refractivity contribution < 1.29 is 22.4 Å². The highest BCUT2D eigenvalue weighted by Crippen LogP contribution is 2.34. The molecule has 1 aromatic rings. The minimum absolute atomic E-state index is 0.0390. The maximum atomic E-state index is 13.5. The third-order valence-corrected chi connectivity index (χ3v) is 3.09. The lowest BCUT2D eigenvalue weighted by Gasteiger charge is -2.24. The predicted molar refractivity (Wildman–Crippen MR) is 68.2 cm³/mol. The number of nitrogens with zero attached hydrogens (tertiary/aromatic N) is 2. The van der Waals surface area contributed by atoms with E-state index in [4.69, 9.17) is 5.73 Å². The number of amidine groups is 1. The second kappa shape index (κ2) is 5.34. The van der Waals surface area contributed by atoms with Crippen LogP contribution >= 0.6 is 0 Å². The molecular weight excluding hydrogens is 290 g/mol. The van der Waals surface area contributed by atoms with Crippen LogP contribution in [0.1, 0.15) is 30.5 Å². The molecule has 2 N–H and O–H groups in total. The molecule has 1 heterocycles. The highest BCUT2D eigenvalue weighted by Gasteiger charge is 2.37. The van der Waals surface area contributed by atoms with Gasteiger partial charge in [-0.15, -0.1) is 0 Å². The van der Waals surface area contributed by atoms with Crippen molar-refractivity contribution in [3.05, 3.63) is 35.1 Å². The van der Waals surface area contributed by atoms with Gasteiger partial charge in [0, 0.05) is 6.54 Å². The Labute approximate surface area is 118 Å². The first-order chi connectivity index (χ1) is 9.74. The second-order valence-electron chi connectivity index (χ2n) is 4.69. The van der Waals surface area contributed by atoms with Gasteiger partial charge < -0.3 is 10.6 Å². The summed E-state index contributed by atoms with van der Waals surface area (Å²) < 4.78 is 51.7. The van der Waals surface area contributed by atoms with Crippen molar-refractivity contribution in [2.45, 2.75) is 25.6 Å². The van der Waals surface area contributed by atoms with Gasteiger partial charge in [-0.05, 0) is 30.2 Å². The summed E-state index contributed by atoms with van der Waals surface area (Å²) in [5, 5.41) is 0. The van der Waals surface area contributed by atoms with E-state index in [2.05, 4.69) is 4.99 Å². The molecule has 114 valence electrons. The monoisotopic (exact) mass is 303 g/mol. The number of hydrogen-bond acceptors (Lipinski definition) is 2. The Bertz CT molecular complexity index is 598. The van der Waals surface area contributed by atoms with Crippen molar-refractivity contribution in [2.75, 3.05) is 6.54 Å². The minimum atomic E-state index is -4.68. The van der Waals surface area contributed by atoms with Crippen LogP contribution in [-0.2, 0) is 6.18 Å². The van der Waals surface area contributed by atoms with Crippen LogP contribution < -0.4 is 5.73 Å². The van der Waals surface area contributed by atoms with Gasteiger partial charge in [0.15, 0.2) is 0 Å². The van der Waals surface area contributed by atoms with Gasteiger partial charge in [-0.2, -0.15) is 18.2 Å². The zero-order valence-corrected chi connectivity index (χ0v) is 11.1. The number of hydrogen-bond donors (Lipinski definition) is 1. The third-order valence-electron chi connectivity index (χ3n) is 3.09. The molecule has 0 bridgehead atoms. The van der Waals surface area contributed by atoms with Crippen LogP contribution in [0.15, 0.2) is 23.2 Å². The van der Waals surface area contributed by atoms with Crippen molar-refractivity contribution in [2.24, 2.45) is 10.7 Å². The molecule has 0 radical (unpaired) electrons. The van der Waals surface area contributed by atoms with Crippen LogP contribution in [0.2, 0.25) is 0 Å². The lowest BCUT2D eigenvalue weighted by Crippen LogP contribution is -2.34. The molecule has 0 aliphatic carbocycles. The number of amides is 2. The molecule has 2 amide bonds. The van der Waals surface area contributed by atoms with E-state index in [1.165, 1.54) is 4.90 Å². The summed E-state index contributed by atoms with van der Waals surface area (Å²) in [6, 6.07) is 0.532. The number of carbonyl (C=O) groups is 1. The molecule has 1 unspecified atom stereocenters. The normalized spacial score (nSPS) is 19.1. The first-order valence-electron chi connectivity index (χ1n) is 6.26. The van der Waals surface area contributed by atoms with Crippen LogP contribution in [0.5, 0.6) is 0 Å². The molecule has 1 aliphatic heterocycles. The van der Waals surface area contributed by atoms with Gasteiger partial charge in [0.05, 0.1) is 5.56 Å². The Kier molecular flexibility index (Phi) is 3.89. The van der Waals surface area contributed by atoms with Gasteiger partial charge in [0.2, 0.25) is 0 Å². The number of nitrogens with two attached hydrogens (primary N) is 1. The average Bonchev–Trinajstić information content (AvgIpc) is 2.63. The van der Waals surface area contributed by atoms with Crippen molar-refractivity contribution in [1.82, 2.24) is 4.90 Å². The summed E-state index contributed by atoms with van der Waals surface area (Å²) in [7, 11) is 0. The Morgan fingerprint density at radius 3 is 2.57 bits per heavy atom. The molecule has 4 nitrogen and oxygen atoms in total. The molecule has 0 aromatic heterocycles. The van der Waals surface area contributed by atoms with Crippen molar-refractivity contribution in [3.8, 4) is 0 Å². The van der Waals surface area contributed by atoms with Crippen molar-refractivity contribution >= 4 is 11.9 Å². The molecule has 2 rings (SSSR count). The summed E-state index contributed by atoms with van der Waals surface area (Å²) in [6.45, 7) is 2.07. The maximum Gasteiger partial charge on any atom is 0.416 e. The zero-order valence-electron chi connectivity index (χ0n) is 11.1. The fourth-order valence-corrected chi connectivity index (χ4v) is 2.26. The highest BCUT2D eigenvalue weighted by molar-refractivity contribution is 6.03. The first-order valence-corrected chi connectivity index (χ1v) is 6.26. The summed E-state index contributed by atoms with van der Waals surface area (Å²) in [5.41, 5.74) is 4.45. The summed E-state index contributed by atoms with van der Waals surface area (Å²) >= 11 is 0. The van der Waals surface area contributed by atoms with Crippen LogP contribution in [-0.4, -0.2) is 23.3 Å². The van der Waals surface area contributed by atoms with Gasteiger partial charge in [-0.1, -0.05) is 6.92 Å². The lowest BCUT2D eigenvalue weighted by molar-refractivity contribution is -0.137. The number of rotatable bonds is 3. The Balaban J connectivity index is 2.47. The molecule has 21 heavy (non-hydrogen) atoms. The van der Waals surface area contributed by atoms with Gasteiger partial charge in [0.25, 0.3) is 0 Å². The lowest BCUT2D eigenvalue weighted by atomic mass is 10.0. The van der Waals surface area contributed by atoms with Gasteiger partial charge in [-0.3, -0.25) is 0 Å². The largest absolute Gasteiger partial charge is 0.416 e. The third kappa shape index (κ3) is 2.98. The molecule has 1 aromatic carbocycles. The van der Waals surface area contributed by atoms with E-state index < -0.39 is 29.6 Å². The van der Waals surface area contributed by atoms with Gasteiger partial charge >= 0.3 is 12.2 Å². The zero-order chi connectivity index (χ0) is 15.8. The predicted octanol–water partition coefficient (Wildman–Crippen LogP) is 3.09. The van der Waals surface area contributed by atoms with E-state index in [0.717, 1.165) is 12.1 Å². The molecule has 0 saturated heterocycles. The van der Waals surface area contributed by atoms with E-state index in [9.17, 15) is 22.4 Å². The summed E-state index contributed by atoms with van der Waals surface area (Å²) in [4.78, 5) is 16.4. The second-order valence-corrected chi connectivity index (χ2v) is 4.69. The van der Waals surface area contributed by atoms with Gasteiger partial charge in [-0.25, -0.2) is 9.18 Å². The van der Waals surface area contributed by atoms with E-state index in [0.29, 0.717) is 12.5 Å². The smallest absolute Gasteiger partial charge is 0.385 e. The molecule has 0 saturated carbocycles. The number of carbonyl (C=O) groups excluding carboxylic acids is 1. The molecule has 1 atom stereocenters. The van der Waals surface area contributed by atoms with E-state index in [-0.39, 0.29) is 17.9 Å². The van der Waals surface area contributed by atoms with Crippen molar-refractivity contribution in [1.29, 1.82) is 0 Å². The Morgan fingerprint density at radius 1 is 1.33 bits per heavy atom. The summed E-state index contributed by atoms with van der Waals surface area (Å²) in [6.07, 6.45) is -4.10. The van der Waals surface area contributed by atoms with E-state index in [1.807, 2.05) is 0 Å². The number of urea groups is 1. The van der Waals surface area contributed by atoms with Crippen LogP contribution in [0.3, 0.4) is 0 Å². The Hall–Kier alpha value is -2.12. The number of aliphatic imine (C=N–C) groups is 1. The fourth-order valence-electron chi connectivity index (χ4n) is 2.26. The fraction of sp³-hybridized carbons (Fsp3) is 0.385. The molecule has 8 heteroatoms. The number of benzene rings is 1. The van der Waals surface area contributed by atoms with Crippen molar-refractivity contribution in [3.63, 3.8) is 0 Å². The average molecular weight is 303 g/mol. The minimum Gasteiger partial charge on any atom is -0.385 e. The summed E-state index contributed by atoms with van der Waals surface area (Å²) in [5.74, 6) is -1.17. The van der Waals surface area contributed by atoms with E-state index in [1.54, 1.807) is 6.92 Å². The topological polar surface area (TPSA) is 58.7 Å². The Morgan fingerprint density at radius 2 is 2.00 bits per heavy atom. The SMILES string of the molecule is CCCN1C(=O)N=C(N)C1c1cc(F)cc(C(F)(F)F)c1.